The van der Waals surface area contributed by atoms with Crippen molar-refractivity contribution in [1.82, 2.24) is 9.97 Å². The molecule has 2 aromatic rings. The predicted molar refractivity (Wildman–Crippen MR) is 86.2 cm³/mol. The Morgan fingerprint density at radius 2 is 1.64 bits per heavy atom. The van der Waals surface area contributed by atoms with Crippen molar-refractivity contribution in [3.63, 3.8) is 0 Å². The zero-order valence-corrected chi connectivity index (χ0v) is 13.0. The van der Waals surface area contributed by atoms with Crippen LogP contribution >= 0.6 is 0 Å². The fourth-order valence-electron chi connectivity index (χ4n) is 2.18. The lowest BCUT2D eigenvalue weighted by atomic mass is 10.1. The molecule has 1 aromatic heterocycles. The first kappa shape index (κ1) is 16.1. The van der Waals surface area contributed by atoms with Crippen LogP contribution in [0.3, 0.4) is 0 Å². The molecule has 0 saturated carbocycles. The summed E-state index contributed by atoms with van der Waals surface area (Å²) in [5.74, 6) is 0.725. The zero-order chi connectivity index (χ0) is 15.6. The molecule has 4 nitrogen and oxygen atoms in total. The van der Waals surface area contributed by atoms with Crippen LogP contribution in [0.25, 0.3) is 0 Å². The minimum absolute atomic E-state index is 0.0771. The fourth-order valence-corrected chi connectivity index (χ4v) is 2.18. The second kappa shape index (κ2) is 8.93. The lowest BCUT2D eigenvalue weighted by Crippen LogP contribution is -2.03. The zero-order valence-electron chi connectivity index (χ0n) is 13.0. The van der Waals surface area contributed by atoms with E-state index in [9.17, 15) is 4.79 Å². The quantitative estimate of drug-likeness (QED) is 0.517. The number of rotatable bonds is 9. The maximum Gasteiger partial charge on any atom is 0.196 e. The third-order valence-electron chi connectivity index (χ3n) is 3.46. The second-order valence-corrected chi connectivity index (χ2v) is 5.24. The van der Waals surface area contributed by atoms with Crippen LogP contribution < -0.4 is 4.74 Å². The van der Waals surface area contributed by atoms with Gasteiger partial charge >= 0.3 is 0 Å². The monoisotopic (exact) mass is 298 g/mol. The van der Waals surface area contributed by atoms with Crippen LogP contribution in [0.4, 0.5) is 0 Å². The van der Waals surface area contributed by atoms with Crippen molar-refractivity contribution in [2.75, 3.05) is 6.61 Å². The number of unbranched alkanes of at least 4 members (excludes halogenated alkanes) is 4. The second-order valence-electron chi connectivity index (χ2n) is 5.24. The van der Waals surface area contributed by atoms with Crippen LogP contribution in [0, 0.1) is 0 Å². The molecule has 1 aromatic carbocycles. The summed E-state index contributed by atoms with van der Waals surface area (Å²) in [6.07, 6.45) is 10.6. The van der Waals surface area contributed by atoms with Gasteiger partial charge in [0.2, 0.25) is 0 Å². The molecule has 0 amide bonds. The Labute approximate surface area is 131 Å². The Kier molecular flexibility index (Phi) is 6.55. The van der Waals surface area contributed by atoms with Crippen LogP contribution in [-0.2, 0) is 0 Å². The van der Waals surface area contributed by atoms with Gasteiger partial charge in [-0.25, -0.2) is 9.97 Å². The normalized spacial score (nSPS) is 10.4. The molecule has 0 aliphatic heterocycles. The van der Waals surface area contributed by atoms with Crippen LogP contribution in [0.5, 0.6) is 5.75 Å². The van der Waals surface area contributed by atoms with E-state index in [0.717, 1.165) is 18.8 Å². The molecular formula is C18H22N2O2. The van der Waals surface area contributed by atoms with Gasteiger partial charge in [-0.05, 0) is 30.7 Å². The van der Waals surface area contributed by atoms with Crippen LogP contribution in [0.1, 0.15) is 54.9 Å². The van der Waals surface area contributed by atoms with E-state index in [0.29, 0.717) is 11.1 Å². The minimum Gasteiger partial charge on any atom is -0.494 e. The van der Waals surface area contributed by atoms with Crippen LogP contribution in [0.2, 0.25) is 0 Å². The van der Waals surface area contributed by atoms with Gasteiger partial charge in [-0.2, -0.15) is 0 Å². The number of hydrogen-bond acceptors (Lipinski definition) is 4. The highest BCUT2D eigenvalue weighted by Crippen LogP contribution is 2.15. The topological polar surface area (TPSA) is 52.1 Å². The lowest BCUT2D eigenvalue weighted by Gasteiger charge is -2.07. The van der Waals surface area contributed by atoms with E-state index in [1.165, 1.54) is 44.4 Å². The van der Waals surface area contributed by atoms with Crippen molar-refractivity contribution in [2.24, 2.45) is 0 Å². The Balaban J connectivity index is 1.82. The van der Waals surface area contributed by atoms with Crippen molar-refractivity contribution >= 4 is 5.78 Å². The molecule has 1 heterocycles. The van der Waals surface area contributed by atoms with Crippen molar-refractivity contribution in [1.29, 1.82) is 0 Å². The summed E-state index contributed by atoms with van der Waals surface area (Å²) in [6.45, 7) is 2.93. The number of ether oxygens (including phenoxy) is 1. The maximum atomic E-state index is 12.2. The average molecular weight is 298 g/mol. The third kappa shape index (κ3) is 4.95. The number of carbonyl (C=O) groups is 1. The van der Waals surface area contributed by atoms with Gasteiger partial charge in [-0.1, -0.05) is 32.6 Å². The smallest absolute Gasteiger partial charge is 0.196 e. The molecule has 0 fully saturated rings. The first-order chi connectivity index (χ1) is 10.8. The molecule has 0 radical (unpaired) electrons. The van der Waals surface area contributed by atoms with Gasteiger partial charge in [0.25, 0.3) is 0 Å². The number of ketones is 1. The van der Waals surface area contributed by atoms with Crippen molar-refractivity contribution in [2.45, 2.75) is 39.0 Å². The number of benzene rings is 1. The SMILES string of the molecule is CCCCCCCOc1ccc(C(=O)c2cncnc2)cc1. The van der Waals surface area contributed by atoms with Gasteiger partial charge in [-0.3, -0.25) is 4.79 Å². The summed E-state index contributed by atoms with van der Waals surface area (Å²) in [4.78, 5) is 19.9. The number of carbonyl (C=O) groups excluding carboxylic acids is 1. The van der Waals surface area contributed by atoms with Gasteiger partial charge in [0, 0.05) is 18.0 Å². The summed E-state index contributed by atoms with van der Waals surface area (Å²) < 4.78 is 5.69. The molecule has 116 valence electrons. The molecule has 0 unspecified atom stereocenters. The molecule has 0 spiro atoms. The van der Waals surface area contributed by atoms with E-state index in [2.05, 4.69) is 16.9 Å². The summed E-state index contributed by atoms with van der Waals surface area (Å²) in [7, 11) is 0. The first-order valence-corrected chi connectivity index (χ1v) is 7.84. The van der Waals surface area contributed by atoms with E-state index in [-0.39, 0.29) is 5.78 Å². The molecule has 0 atom stereocenters. The van der Waals surface area contributed by atoms with E-state index in [1.807, 2.05) is 12.1 Å². The largest absolute Gasteiger partial charge is 0.494 e. The van der Waals surface area contributed by atoms with E-state index in [4.69, 9.17) is 4.74 Å². The van der Waals surface area contributed by atoms with Gasteiger partial charge in [0.1, 0.15) is 12.1 Å². The molecule has 22 heavy (non-hydrogen) atoms. The van der Waals surface area contributed by atoms with Crippen molar-refractivity contribution in [3.8, 4) is 5.75 Å². The molecule has 0 saturated heterocycles. The van der Waals surface area contributed by atoms with E-state index < -0.39 is 0 Å². The highest BCUT2D eigenvalue weighted by atomic mass is 16.5. The molecule has 0 bridgehead atoms. The Morgan fingerprint density at radius 3 is 2.32 bits per heavy atom. The van der Waals surface area contributed by atoms with Gasteiger partial charge in [0.05, 0.1) is 12.2 Å². The average Bonchev–Trinajstić information content (AvgIpc) is 2.59. The maximum absolute atomic E-state index is 12.2. The molecular weight excluding hydrogens is 276 g/mol. The Morgan fingerprint density at radius 1 is 0.955 bits per heavy atom. The molecule has 2 rings (SSSR count). The molecule has 0 N–H and O–H groups in total. The predicted octanol–water partition coefficient (Wildman–Crippen LogP) is 4.06. The third-order valence-corrected chi connectivity index (χ3v) is 3.46. The highest BCUT2D eigenvalue weighted by Gasteiger charge is 2.09. The minimum atomic E-state index is -0.0771. The Hall–Kier alpha value is -2.23. The summed E-state index contributed by atoms with van der Waals surface area (Å²) in [5, 5.41) is 0. The Bertz CT molecular complexity index is 567. The van der Waals surface area contributed by atoms with Crippen LogP contribution in [-0.4, -0.2) is 22.4 Å². The standard InChI is InChI=1S/C18H22N2O2/c1-2-3-4-5-6-11-22-17-9-7-15(8-10-17)18(21)16-12-19-14-20-13-16/h7-10,12-14H,2-6,11H2,1H3. The van der Waals surface area contributed by atoms with Gasteiger partial charge < -0.3 is 4.74 Å². The molecule has 4 heteroatoms. The van der Waals surface area contributed by atoms with E-state index in [1.54, 1.807) is 12.1 Å². The van der Waals surface area contributed by atoms with Crippen molar-refractivity contribution in [3.05, 3.63) is 54.1 Å². The highest BCUT2D eigenvalue weighted by molar-refractivity contribution is 6.08. The number of hydrogen-bond donors (Lipinski definition) is 0. The van der Waals surface area contributed by atoms with E-state index >= 15 is 0 Å². The molecule has 0 aliphatic rings. The van der Waals surface area contributed by atoms with Gasteiger partial charge in [-0.15, -0.1) is 0 Å². The first-order valence-electron chi connectivity index (χ1n) is 7.84. The van der Waals surface area contributed by atoms with Crippen molar-refractivity contribution < 1.29 is 9.53 Å². The fraction of sp³-hybridized carbons (Fsp3) is 0.389. The summed E-state index contributed by atoms with van der Waals surface area (Å²) in [6, 6.07) is 7.23. The summed E-state index contributed by atoms with van der Waals surface area (Å²) in [5.41, 5.74) is 1.11. The van der Waals surface area contributed by atoms with Crippen LogP contribution in [0.15, 0.2) is 43.0 Å². The number of nitrogens with zero attached hydrogens (tertiary/aromatic N) is 2. The number of aromatic nitrogens is 2. The van der Waals surface area contributed by atoms with Gasteiger partial charge in [0.15, 0.2) is 5.78 Å². The summed E-state index contributed by atoms with van der Waals surface area (Å²) >= 11 is 0. The molecule has 0 aliphatic carbocycles. The lowest BCUT2D eigenvalue weighted by molar-refractivity contribution is 0.103.